The number of carbonyl (C=O) groups excluding carboxylic acids is 1. The zero-order chi connectivity index (χ0) is 15.5. The molecular formula is C15H12N4OS2. The Labute approximate surface area is 137 Å². The van der Waals surface area contributed by atoms with Gasteiger partial charge in [-0.3, -0.25) is 9.69 Å². The van der Waals surface area contributed by atoms with E-state index in [-0.39, 0.29) is 5.91 Å². The fourth-order valence-electron chi connectivity index (χ4n) is 2.00. The van der Waals surface area contributed by atoms with E-state index in [1.54, 1.807) is 22.0 Å². The summed E-state index contributed by atoms with van der Waals surface area (Å²) in [6.45, 7) is 4.08. The molecule has 1 aliphatic heterocycles. The van der Waals surface area contributed by atoms with Crippen LogP contribution < -0.4 is 0 Å². The lowest BCUT2D eigenvalue weighted by atomic mass is 10.2. The van der Waals surface area contributed by atoms with Crippen LogP contribution in [0.3, 0.4) is 0 Å². The minimum atomic E-state index is -0.0738. The van der Waals surface area contributed by atoms with Crippen molar-refractivity contribution in [2.75, 3.05) is 6.54 Å². The zero-order valence-electron chi connectivity index (χ0n) is 11.5. The lowest BCUT2D eigenvalue weighted by Gasteiger charge is -2.10. The summed E-state index contributed by atoms with van der Waals surface area (Å²) >= 11 is 6.52. The third-order valence-electron chi connectivity index (χ3n) is 3.06. The van der Waals surface area contributed by atoms with Gasteiger partial charge in [-0.2, -0.15) is 5.10 Å². The van der Waals surface area contributed by atoms with Crippen molar-refractivity contribution in [3.05, 3.63) is 60.0 Å². The first-order chi connectivity index (χ1) is 10.7. The van der Waals surface area contributed by atoms with Crippen LogP contribution in [0.15, 0.2) is 54.5 Å². The molecule has 0 atom stereocenters. The van der Waals surface area contributed by atoms with Gasteiger partial charge in [-0.25, -0.2) is 9.67 Å². The maximum absolute atomic E-state index is 12.2. The maximum atomic E-state index is 12.2. The lowest BCUT2D eigenvalue weighted by molar-refractivity contribution is -0.121. The van der Waals surface area contributed by atoms with Crippen LogP contribution in [0.4, 0.5) is 0 Å². The minimum Gasteiger partial charge on any atom is -0.289 e. The van der Waals surface area contributed by atoms with Crippen LogP contribution in [-0.4, -0.2) is 36.4 Å². The smallest absolute Gasteiger partial charge is 0.266 e. The van der Waals surface area contributed by atoms with E-state index in [0.29, 0.717) is 15.8 Å². The van der Waals surface area contributed by atoms with Crippen LogP contribution in [-0.2, 0) is 4.79 Å². The van der Waals surface area contributed by atoms with E-state index in [9.17, 15) is 4.79 Å². The third kappa shape index (κ3) is 2.86. The van der Waals surface area contributed by atoms with Crippen LogP contribution in [0.1, 0.15) is 5.56 Å². The van der Waals surface area contributed by atoms with Gasteiger partial charge in [-0.1, -0.05) is 42.2 Å². The summed E-state index contributed by atoms with van der Waals surface area (Å²) in [5.74, 6) is -0.0738. The highest BCUT2D eigenvalue weighted by molar-refractivity contribution is 8.26. The van der Waals surface area contributed by atoms with Crippen LogP contribution in [0.2, 0.25) is 0 Å². The first-order valence-corrected chi connectivity index (χ1v) is 7.73. The van der Waals surface area contributed by atoms with Crippen molar-refractivity contribution in [1.29, 1.82) is 0 Å². The van der Waals surface area contributed by atoms with E-state index in [2.05, 4.69) is 16.7 Å². The van der Waals surface area contributed by atoms with Gasteiger partial charge in [0.05, 0.1) is 10.6 Å². The zero-order valence-corrected chi connectivity index (χ0v) is 13.2. The molecular weight excluding hydrogens is 316 g/mol. The summed E-state index contributed by atoms with van der Waals surface area (Å²) in [4.78, 5) is 18.3. The molecule has 7 heteroatoms. The Morgan fingerprint density at radius 2 is 2.09 bits per heavy atom. The SMILES string of the molecule is C=CCN1C(=O)C(=Cc2ccc(-n3cncn3)cc2)SC1=S. The standard InChI is InChI=1S/C15H12N4OS2/c1-2-7-18-14(20)13(22-15(18)21)8-11-3-5-12(6-4-11)19-10-16-9-17-19/h2-6,8-10H,1,7H2. The number of hydrogen-bond donors (Lipinski definition) is 0. The monoisotopic (exact) mass is 328 g/mol. The van der Waals surface area contributed by atoms with Gasteiger partial charge in [0, 0.05) is 6.54 Å². The fourth-order valence-corrected chi connectivity index (χ4v) is 3.28. The first-order valence-electron chi connectivity index (χ1n) is 6.50. The molecule has 2 heterocycles. The molecule has 110 valence electrons. The predicted octanol–water partition coefficient (Wildman–Crippen LogP) is 2.65. The van der Waals surface area contributed by atoms with Crippen LogP contribution in [0.5, 0.6) is 0 Å². The number of hydrogen-bond acceptors (Lipinski definition) is 5. The summed E-state index contributed by atoms with van der Waals surface area (Å²) in [7, 11) is 0. The van der Waals surface area contributed by atoms with Gasteiger partial charge >= 0.3 is 0 Å². The maximum Gasteiger partial charge on any atom is 0.266 e. The van der Waals surface area contributed by atoms with Crippen LogP contribution in [0.25, 0.3) is 11.8 Å². The molecule has 0 N–H and O–H groups in total. The van der Waals surface area contributed by atoms with Gasteiger partial charge in [0.25, 0.3) is 5.91 Å². The number of rotatable bonds is 4. The van der Waals surface area contributed by atoms with Gasteiger partial charge in [0.2, 0.25) is 0 Å². The first kappa shape index (κ1) is 14.7. The number of aromatic nitrogens is 3. The molecule has 1 aliphatic rings. The summed E-state index contributed by atoms with van der Waals surface area (Å²) < 4.78 is 2.24. The Morgan fingerprint density at radius 1 is 1.32 bits per heavy atom. The highest BCUT2D eigenvalue weighted by Gasteiger charge is 2.30. The summed E-state index contributed by atoms with van der Waals surface area (Å²) in [5, 5.41) is 4.07. The van der Waals surface area contributed by atoms with Crippen molar-refractivity contribution >= 4 is 40.3 Å². The third-order valence-corrected chi connectivity index (χ3v) is 4.44. The van der Waals surface area contributed by atoms with Crippen molar-refractivity contribution in [1.82, 2.24) is 19.7 Å². The summed E-state index contributed by atoms with van der Waals surface area (Å²) in [5.41, 5.74) is 1.84. The highest BCUT2D eigenvalue weighted by atomic mass is 32.2. The number of carbonyl (C=O) groups is 1. The molecule has 5 nitrogen and oxygen atoms in total. The topological polar surface area (TPSA) is 51.0 Å². The number of amides is 1. The van der Waals surface area contributed by atoms with E-state index >= 15 is 0 Å². The fraction of sp³-hybridized carbons (Fsp3) is 0.0667. The van der Waals surface area contributed by atoms with Crippen molar-refractivity contribution < 1.29 is 4.79 Å². The highest BCUT2D eigenvalue weighted by Crippen LogP contribution is 2.32. The Balaban J connectivity index is 1.82. The van der Waals surface area contributed by atoms with Crippen molar-refractivity contribution in [2.45, 2.75) is 0 Å². The Morgan fingerprint density at radius 3 is 2.73 bits per heavy atom. The number of thiocarbonyl (C=S) groups is 1. The van der Waals surface area contributed by atoms with Gasteiger partial charge in [0.15, 0.2) is 0 Å². The van der Waals surface area contributed by atoms with E-state index in [1.165, 1.54) is 18.1 Å². The Kier molecular flexibility index (Phi) is 4.17. The quantitative estimate of drug-likeness (QED) is 0.491. The van der Waals surface area contributed by atoms with E-state index in [4.69, 9.17) is 12.2 Å². The molecule has 0 aliphatic carbocycles. The van der Waals surface area contributed by atoms with Gasteiger partial charge in [-0.05, 0) is 23.8 Å². The molecule has 0 saturated carbocycles. The lowest BCUT2D eigenvalue weighted by Crippen LogP contribution is -2.27. The van der Waals surface area contributed by atoms with Crippen molar-refractivity contribution in [2.24, 2.45) is 0 Å². The van der Waals surface area contributed by atoms with Gasteiger partial charge in [0.1, 0.15) is 17.0 Å². The summed E-state index contributed by atoms with van der Waals surface area (Å²) in [6.07, 6.45) is 6.63. The molecule has 0 unspecified atom stereocenters. The Bertz CT molecular complexity index is 750. The molecule has 0 bridgehead atoms. The van der Waals surface area contributed by atoms with Crippen molar-refractivity contribution in [3.8, 4) is 5.69 Å². The number of nitrogens with zero attached hydrogens (tertiary/aromatic N) is 4. The second kappa shape index (κ2) is 6.25. The molecule has 1 aromatic carbocycles. The van der Waals surface area contributed by atoms with E-state index in [1.807, 2.05) is 30.3 Å². The Hall–Kier alpha value is -2.25. The molecule has 0 radical (unpaired) electrons. The molecule has 1 saturated heterocycles. The predicted molar refractivity (Wildman–Crippen MR) is 91.4 cm³/mol. The molecule has 3 rings (SSSR count). The molecule has 22 heavy (non-hydrogen) atoms. The van der Waals surface area contributed by atoms with E-state index < -0.39 is 0 Å². The molecule has 1 fully saturated rings. The second-order valence-electron chi connectivity index (χ2n) is 4.51. The second-order valence-corrected chi connectivity index (χ2v) is 6.19. The minimum absolute atomic E-state index is 0.0738. The average molecular weight is 328 g/mol. The van der Waals surface area contributed by atoms with Crippen LogP contribution >= 0.6 is 24.0 Å². The number of benzene rings is 1. The largest absolute Gasteiger partial charge is 0.289 e. The molecule has 0 spiro atoms. The van der Waals surface area contributed by atoms with E-state index in [0.717, 1.165) is 11.3 Å². The summed E-state index contributed by atoms with van der Waals surface area (Å²) in [6, 6.07) is 7.70. The van der Waals surface area contributed by atoms with Gasteiger partial charge in [-0.15, -0.1) is 6.58 Å². The van der Waals surface area contributed by atoms with Gasteiger partial charge < -0.3 is 0 Å². The normalized spacial score (nSPS) is 16.5. The van der Waals surface area contributed by atoms with Crippen molar-refractivity contribution in [3.63, 3.8) is 0 Å². The van der Waals surface area contributed by atoms with Crippen LogP contribution in [0, 0.1) is 0 Å². The molecule has 2 aromatic rings. The number of thioether (sulfide) groups is 1. The molecule has 1 aromatic heterocycles. The molecule has 1 amide bonds. The average Bonchev–Trinajstić information content (AvgIpc) is 3.13.